The van der Waals surface area contributed by atoms with Crippen LogP contribution in [0.4, 0.5) is 19.0 Å². The van der Waals surface area contributed by atoms with Crippen LogP contribution in [0.25, 0.3) is 21.9 Å². The Bertz CT molecular complexity index is 1410. The Balaban J connectivity index is 1.45. The van der Waals surface area contributed by atoms with Gasteiger partial charge in [-0.15, -0.1) is 0 Å². The number of anilines is 1. The molecule has 0 amide bonds. The van der Waals surface area contributed by atoms with E-state index in [1.807, 2.05) is 24.3 Å². The van der Waals surface area contributed by atoms with Crippen molar-refractivity contribution in [2.75, 3.05) is 26.0 Å². The van der Waals surface area contributed by atoms with E-state index < -0.39 is 28.5 Å². The number of hydrogen-bond donors (Lipinski definition) is 3. The van der Waals surface area contributed by atoms with Crippen LogP contribution in [0.15, 0.2) is 47.4 Å². The number of ether oxygens (including phenoxy) is 1. The molecule has 192 valence electrons. The van der Waals surface area contributed by atoms with Crippen molar-refractivity contribution in [2.24, 2.45) is 0 Å². The summed E-state index contributed by atoms with van der Waals surface area (Å²) in [4.78, 5) is 9.09. The van der Waals surface area contributed by atoms with Crippen molar-refractivity contribution in [1.82, 2.24) is 19.3 Å². The third-order valence-corrected chi connectivity index (χ3v) is 6.96. The van der Waals surface area contributed by atoms with E-state index in [0.29, 0.717) is 56.4 Å². The van der Waals surface area contributed by atoms with Crippen molar-refractivity contribution >= 4 is 38.7 Å². The summed E-state index contributed by atoms with van der Waals surface area (Å²) >= 11 is 0. The van der Waals surface area contributed by atoms with Crippen LogP contribution in [-0.2, 0) is 34.9 Å². The Morgan fingerprint density at radius 3 is 2.67 bits per heavy atom. The van der Waals surface area contributed by atoms with Crippen molar-refractivity contribution in [3.8, 4) is 5.75 Å². The van der Waals surface area contributed by atoms with E-state index in [0.717, 1.165) is 34.4 Å². The number of phenols is 1. The molecule has 4 N–H and O–H groups in total. The minimum Gasteiger partial charge on any atom is -0.507 e. The number of alkyl halides is 3. The summed E-state index contributed by atoms with van der Waals surface area (Å²) in [7, 11) is -0.227. The third-order valence-electron chi connectivity index (χ3n) is 5.75. The van der Waals surface area contributed by atoms with Crippen LogP contribution in [0, 0.1) is 0 Å². The molecule has 0 fully saturated rings. The topological polar surface area (TPSA) is 115 Å². The highest BCUT2D eigenvalue weighted by Crippen LogP contribution is 2.33. The number of para-hydroxylation sites is 1. The Morgan fingerprint density at radius 2 is 1.94 bits per heavy atom. The Morgan fingerprint density at radius 1 is 1.17 bits per heavy atom. The van der Waals surface area contributed by atoms with E-state index in [4.69, 9.17) is 15.5 Å². The number of benzene rings is 2. The van der Waals surface area contributed by atoms with Crippen LogP contribution < -0.4 is 10.5 Å². The Hall–Kier alpha value is -3.22. The van der Waals surface area contributed by atoms with Gasteiger partial charge in [-0.05, 0) is 37.1 Å². The Labute approximate surface area is 207 Å². The molecule has 2 heterocycles. The lowest BCUT2D eigenvalue weighted by molar-refractivity contribution is -0.137. The number of pyridine rings is 1. The van der Waals surface area contributed by atoms with Gasteiger partial charge in [0.1, 0.15) is 28.1 Å². The largest absolute Gasteiger partial charge is 0.507 e. The quantitative estimate of drug-likeness (QED) is 0.270. The smallest absolute Gasteiger partial charge is 0.416 e. The molecule has 2 aromatic carbocycles. The van der Waals surface area contributed by atoms with Gasteiger partial charge in [0, 0.05) is 32.0 Å². The zero-order chi connectivity index (χ0) is 25.9. The van der Waals surface area contributed by atoms with Gasteiger partial charge in [-0.25, -0.2) is 18.9 Å². The number of aromatic nitrogens is 3. The van der Waals surface area contributed by atoms with Crippen molar-refractivity contribution < 1.29 is 27.2 Å². The van der Waals surface area contributed by atoms with E-state index >= 15 is 0 Å². The first kappa shape index (κ1) is 25.9. The molecular weight excluding hydrogens is 495 g/mol. The number of methoxy groups -OCH3 is 1. The number of fused-ring (bicyclic) bond motifs is 3. The molecule has 0 aliphatic carbocycles. The van der Waals surface area contributed by atoms with Crippen molar-refractivity contribution in [1.29, 1.82) is 0 Å². The SMILES string of the molecule is COCCc1nc2c(N)nc3ccccc3c2n1CCCCNS(=O)c1ccc(C(F)(F)F)cc1O. The average molecular weight is 522 g/mol. The van der Waals surface area contributed by atoms with E-state index in [9.17, 15) is 22.5 Å². The standard InChI is InChI=1S/C24H26F3N5O3S/c1-35-13-10-20-31-21-22(16-6-2-3-7-17(16)30-23(21)28)32(20)12-5-4-11-29-36(34)19-9-8-15(14-18(19)33)24(25,26)27/h2-3,6-9,14,29,33H,4-5,10-13H2,1H3,(H2,28,30). The predicted molar refractivity (Wildman–Crippen MR) is 132 cm³/mol. The molecule has 12 heteroatoms. The van der Waals surface area contributed by atoms with Crippen LogP contribution in [0.1, 0.15) is 24.2 Å². The number of unbranched alkanes of at least 4 members (excludes halogenated alkanes) is 1. The van der Waals surface area contributed by atoms with Crippen LogP contribution >= 0.6 is 0 Å². The van der Waals surface area contributed by atoms with Gasteiger partial charge >= 0.3 is 6.18 Å². The average Bonchev–Trinajstić information content (AvgIpc) is 3.21. The molecule has 0 saturated heterocycles. The van der Waals surface area contributed by atoms with Crippen LogP contribution in [0.5, 0.6) is 5.75 Å². The van der Waals surface area contributed by atoms with Gasteiger partial charge in [0.15, 0.2) is 5.82 Å². The van der Waals surface area contributed by atoms with Crippen molar-refractivity contribution in [2.45, 2.75) is 36.9 Å². The number of hydrogen-bond acceptors (Lipinski definition) is 6. The van der Waals surface area contributed by atoms with Gasteiger partial charge in [-0.1, -0.05) is 18.2 Å². The fraction of sp³-hybridized carbons (Fsp3) is 0.333. The van der Waals surface area contributed by atoms with Crippen molar-refractivity contribution in [3.63, 3.8) is 0 Å². The lowest BCUT2D eigenvalue weighted by Gasteiger charge is -2.12. The zero-order valence-corrected chi connectivity index (χ0v) is 20.3. The number of nitrogens with zero attached hydrogens (tertiary/aromatic N) is 3. The van der Waals surface area contributed by atoms with E-state index in [-0.39, 0.29) is 4.90 Å². The second-order valence-corrected chi connectivity index (χ2v) is 9.45. The van der Waals surface area contributed by atoms with Crippen LogP contribution in [-0.4, -0.2) is 44.1 Å². The van der Waals surface area contributed by atoms with Gasteiger partial charge < -0.3 is 20.1 Å². The van der Waals surface area contributed by atoms with E-state index in [1.54, 1.807) is 7.11 Å². The lowest BCUT2D eigenvalue weighted by Crippen LogP contribution is -2.19. The predicted octanol–water partition coefficient (Wildman–Crippen LogP) is 4.17. The molecule has 0 spiro atoms. The third kappa shape index (κ3) is 5.45. The Kier molecular flexibility index (Phi) is 7.76. The number of nitrogens with one attached hydrogen (secondary N) is 1. The number of aryl methyl sites for hydroxylation is 1. The molecule has 0 aliphatic heterocycles. The molecule has 8 nitrogen and oxygen atoms in total. The molecule has 4 rings (SSSR count). The molecule has 0 saturated carbocycles. The minimum atomic E-state index is -4.59. The van der Waals surface area contributed by atoms with Gasteiger partial charge in [0.05, 0.1) is 28.1 Å². The molecular formula is C24H26F3N5O3S. The molecule has 0 radical (unpaired) electrons. The number of aromatic hydroxyl groups is 1. The fourth-order valence-electron chi connectivity index (χ4n) is 4.02. The van der Waals surface area contributed by atoms with Gasteiger partial charge in [-0.3, -0.25) is 0 Å². The summed E-state index contributed by atoms with van der Waals surface area (Å²) in [6.45, 7) is 1.44. The van der Waals surface area contributed by atoms with Crippen LogP contribution in [0.3, 0.4) is 0 Å². The maximum absolute atomic E-state index is 12.8. The second-order valence-electron chi connectivity index (χ2n) is 8.18. The zero-order valence-electron chi connectivity index (χ0n) is 19.5. The first-order valence-corrected chi connectivity index (χ1v) is 12.4. The molecule has 4 aromatic rings. The van der Waals surface area contributed by atoms with E-state index in [1.165, 1.54) is 0 Å². The second kappa shape index (κ2) is 10.8. The number of halogens is 3. The van der Waals surface area contributed by atoms with Crippen molar-refractivity contribution in [3.05, 3.63) is 53.9 Å². The summed E-state index contributed by atoms with van der Waals surface area (Å²) in [5, 5.41) is 10.8. The normalized spacial score (nSPS) is 13.0. The van der Waals surface area contributed by atoms with E-state index in [2.05, 4.69) is 14.3 Å². The number of nitrogen functional groups attached to an aromatic ring is 1. The fourth-order valence-corrected chi connectivity index (χ4v) is 4.94. The summed E-state index contributed by atoms with van der Waals surface area (Å²) in [5.74, 6) is 0.513. The molecule has 36 heavy (non-hydrogen) atoms. The van der Waals surface area contributed by atoms with Gasteiger partial charge in [0.2, 0.25) is 0 Å². The first-order chi connectivity index (χ1) is 17.2. The highest BCUT2D eigenvalue weighted by atomic mass is 32.2. The molecule has 0 aliphatic rings. The number of imidazole rings is 1. The van der Waals surface area contributed by atoms with Crippen LogP contribution in [0.2, 0.25) is 0 Å². The molecule has 1 atom stereocenters. The van der Waals surface area contributed by atoms with Gasteiger partial charge in [0.25, 0.3) is 0 Å². The molecule has 2 aromatic heterocycles. The highest BCUT2D eigenvalue weighted by Gasteiger charge is 2.31. The number of nitrogens with two attached hydrogens (primary N) is 1. The summed E-state index contributed by atoms with van der Waals surface area (Å²) in [5.41, 5.74) is 7.51. The molecule has 0 bridgehead atoms. The number of rotatable bonds is 10. The summed E-state index contributed by atoms with van der Waals surface area (Å²) in [6.07, 6.45) is -2.68. The minimum absolute atomic E-state index is 0.0973. The monoisotopic (exact) mass is 521 g/mol. The lowest BCUT2D eigenvalue weighted by atomic mass is 10.2. The number of phenolic OH excluding ortho intramolecular Hbond substituents is 1. The summed E-state index contributed by atoms with van der Waals surface area (Å²) in [6, 6.07) is 10.1. The summed E-state index contributed by atoms with van der Waals surface area (Å²) < 4.78 is 60.9. The first-order valence-electron chi connectivity index (χ1n) is 11.3. The maximum atomic E-state index is 12.8. The molecule has 1 unspecified atom stereocenters. The van der Waals surface area contributed by atoms with Gasteiger partial charge in [-0.2, -0.15) is 13.2 Å². The maximum Gasteiger partial charge on any atom is 0.416 e. The highest BCUT2D eigenvalue weighted by molar-refractivity contribution is 7.83.